The minimum absolute atomic E-state index is 0.0638. The van der Waals surface area contributed by atoms with Gasteiger partial charge >= 0.3 is 11.9 Å². The Bertz CT molecular complexity index is 868. The van der Waals surface area contributed by atoms with Gasteiger partial charge in [-0.25, -0.2) is 8.42 Å². The van der Waals surface area contributed by atoms with E-state index in [4.69, 9.17) is 9.47 Å². The van der Waals surface area contributed by atoms with Crippen LogP contribution in [0, 0.1) is 6.92 Å². The number of aryl methyl sites for hydroxylation is 1. The van der Waals surface area contributed by atoms with E-state index in [2.05, 4.69) is 20.8 Å². The summed E-state index contributed by atoms with van der Waals surface area (Å²) in [5.41, 5.74) is 0.940. The van der Waals surface area contributed by atoms with Crippen molar-refractivity contribution in [3.05, 3.63) is 41.1 Å². The summed E-state index contributed by atoms with van der Waals surface area (Å²) in [6.07, 6.45) is 1.83. The van der Waals surface area contributed by atoms with Crippen LogP contribution in [0.2, 0.25) is 18.1 Å². The highest BCUT2D eigenvalue weighted by molar-refractivity contribution is 7.89. The number of esters is 2. The summed E-state index contributed by atoms with van der Waals surface area (Å²) in [6, 6.07) is 9.30. The molecule has 0 amide bonds. The Hall–Kier alpha value is -1.97. The lowest BCUT2D eigenvalue weighted by atomic mass is 10.2. The highest BCUT2D eigenvalue weighted by atomic mass is 32.2. The highest BCUT2D eigenvalue weighted by Gasteiger charge is 2.36. The van der Waals surface area contributed by atoms with Crippen LogP contribution in [0.5, 0.6) is 0 Å². The van der Waals surface area contributed by atoms with Crippen LogP contribution in [0.1, 0.15) is 33.3 Å². The molecule has 31 heavy (non-hydrogen) atoms. The second kappa shape index (κ2) is 12.2. The highest BCUT2D eigenvalue weighted by Crippen LogP contribution is 2.31. The van der Waals surface area contributed by atoms with Crippen LogP contribution in [0.25, 0.3) is 0 Å². The van der Waals surface area contributed by atoms with Crippen LogP contribution in [0.15, 0.2) is 40.4 Å². The number of sulfonamides is 1. The number of benzene rings is 1. The Morgan fingerprint density at radius 3 is 2.03 bits per heavy atom. The lowest BCUT2D eigenvalue weighted by Crippen LogP contribution is -2.44. The van der Waals surface area contributed by atoms with Crippen molar-refractivity contribution in [1.29, 1.82) is 0 Å². The van der Waals surface area contributed by atoms with Gasteiger partial charge in [0.15, 0.2) is 0 Å². The molecule has 0 spiro atoms. The molecule has 174 valence electrons. The van der Waals surface area contributed by atoms with Gasteiger partial charge in [0, 0.05) is 13.5 Å². The van der Waals surface area contributed by atoms with Crippen LogP contribution < -0.4 is 0 Å². The monoisotopic (exact) mass is 469 g/mol. The second-order valence-corrected chi connectivity index (χ2v) is 14.8. The zero-order valence-electron chi connectivity index (χ0n) is 19.4. The predicted molar refractivity (Wildman–Crippen MR) is 124 cm³/mol. The number of methoxy groups -OCH3 is 1. The Kier molecular flexibility index (Phi) is 10.6. The van der Waals surface area contributed by atoms with Crippen LogP contribution >= 0.6 is 0 Å². The first-order valence-electron chi connectivity index (χ1n) is 10.5. The van der Waals surface area contributed by atoms with Gasteiger partial charge in [-0.1, -0.05) is 67.9 Å². The number of carbonyl (C=O) groups is 2. The molecular formula is C22H35NO6SSi. The normalized spacial score (nSPS) is 12.7. The standard InChI is InChI=1S/C22H35NO6SSi/c1-7-31(8-2,9-3)21(14-15-29-19(5)24)16-23(17-22(25)28-6)30(26,27)20-12-10-18(4)11-13-20/h10-14H,7-9,15-17H2,1-6H3/b21-14-. The smallest absolute Gasteiger partial charge is 0.321 e. The minimum Gasteiger partial charge on any atom is -0.468 e. The average Bonchev–Trinajstić information content (AvgIpc) is 2.74. The third-order valence-corrected chi connectivity index (χ3v) is 13.5. The van der Waals surface area contributed by atoms with Gasteiger partial charge in [-0.15, -0.1) is 0 Å². The lowest BCUT2D eigenvalue weighted by Gasteiger charge is -2.34. The molecule has 0 fully saturated rings. The molecule has 0 saturated carbocycles. The first kappa shape index (κ1) is 27.1. The average molecular weight is 470 g/mol. The summed E-state index contributed by atoms with van der Waals surface area (Å²) >= 11 is 0. The van der Waals surface area contributed by atoms with E-state index in [0.717, 1.165) is 28.9 Å². The summed E-state index contributed by atoms with van der Waals surface area (Å²) in [7, 11) is -4.72. The van der Waals surface area contributed by atoms with Gasteiger partial charge in [0.1, 0.15) is 13.2 Å². The number of ether oxygens (including phenoxy) is 2. The largest absolute Gasteiger partial charge is 0.468 e. The maximum atomic E-state index is 13.4. The summed E-state index contributed by atoms with van der Waals surface area (Å²) < 4.78 is 37.9. The number of hydrogen-bond acceptors (Lipinski definition) is 6. The molecule has 0 aromatic heterocycles. The molecule has 0 saturated heterocycles. The van der Waals surface area contributed by atoms with Crippen LogP contribution in [-0.4, -0.2) is 59.5 Å². The third-order valence-electron chi connectivity index (χ3n) is 5.87. The van der Waals surface area contributed by atoms with Crippen LogP contribution in [0.3, 0.4) is 0 Å². The van der Waals surface area contributed by atoms with E-state index in [1.807, 2.05) is 13.0 Å². The van der Waals surface area contributed by atoms with Crippen LogP contribution in [0.4, 0.5) is 0 Å². The summed E-state index contributed by atoms with van der Waals surface area (Å²) in [4.78, 5) is 23.5. The van der Waals surface area contributed by atoms with Crippen molar-refractivity contribution < 1.29 is 27.5 Å². The first-order valence-corrected chi connectivity index (χ1v) is 14.6. The van der Waals surface area contributed by atoms with Crippen molar-refractivity contribution in [2.45, 2.75) is 57.6 Å². The van der Waals surface area contributed by atoms with Crippen molar-refractivity contribution in [2.24, 2.45) is 0 Å². The van der Waals surface area contributed by atoms with E-state index in [0.29, 0.717) is 0 Å². The predicted octanol–water partition coefficient (Wildman–Crippen LogP) is 3.70. The number of hydrogen-bond donors (Lipinski definition) is 0. The molecule has 9 heteroatoms. The Morgan fingerprint density at radius 2 is 1.58 bits per heavy atom. The first-order chi connectivity index (χ1) is 14.6. The fraction of sp³-hybridized carbons (Fsp3) is 0.545. The summed E-state index contributed by atoms with van der Waals surface area (Å²) in [5.74, 6) is -1.03. The summed E-state index contributed by atoms with van der Waals surface area (Å²) in [6.45, 7) is 9.29. The van der Waals surface area contributed by atoms with Gasteiger partial charge in [0.25, 0.3) is 0 Å². The van der Waals surface area contributed by atoms with E-state index in [-0.39, 0.29) is 24.6 Å². The molecule has 0 atom stereocenters. The van der Waals surface area contributed by atoms with E-state index < -0.39 is 30.0 Å². The molecule has 1 rings (SSSR count). The fourth-order valence-corrected chi connectivity index (χ4v) is 9.01. The maximum absolute atomic E-state index is 13.4. The summed E-state index contributed by atoms with van der Waals surface area (Å²) in [5, 5.41) is 0.959. The van der Waals surface area contributed by atoms with Gasteiger partial charge in [0.2, 0.25) is 10.0 Å². The molecule has 1 aromatic rings. The van der Waals surface area contributed by atoms with Crippen molar-refractivity contribution in [2.75, 3.05) is 26.8 Å². The Balaban J connectivity index is 3.47. The molecular weight excluding hydrogens is 434 g/mol. The van der Waals surface area contributed by atoms with Gasteiger partial charge < -0.3 is 9.47 Å². The Labute approximate surface area is 187 Å². The van der Waals surface area contributed by atoms with Crippen molar-refractivity contribution in [3.63, 3.8) is 0 Å². The zero-order chi connectivity index (χ0) is 23.7. The van der Waals surface area contributed by atoms with Crippen molar-refractivity contribution in [1.82, 2.24) is 4.31 Å². The second-order valence-electron chi connectivity index (χ2n) is 7.54. The number of rotatable bonds is 12. The topological polar surface area (TPSA) is 90.0 Å². The zero-order valence-corrected chi connectivity index (χ0v) is 21.3. The molecule has 0 N–H and O–H groups in total. The molecule has 0 aliphatic heterocycles. The molecule has 0 radical (unpaired) electrons. The molecule has 0 unspecified atom stereocenters. The van der Waals surface area contributed by atoms with Gasteiger partial charge in [-0.05, 0) is 19.1 Å². The molecule has 0 aliphatic carbocycles. The minimum atomic E-state index is -3.94. The third kappa shape index (κ3) is 7.29. The van der Waals surface area contributed by atoms with Crippen molar-refractivity contribution >= 4 is 30.0 Å². The van der Waals surface area contributed by atoms with Crippen molar-refractivity contribution in [3.8, 4) is 0 Å². The van der Waals surface area contributed by atoms with Gasteiger partial charge in [-0.2, -0.15) is 4.31 Å². The number of nitrogens with zero attached hydrogens (tertiary/aromatic N) is 1. The van der Waals surface area contributed by atoms with E-state index in [1.54, 1.807) is 24.3 Å². The van der Waals surface area contributed by atoms with E-state index in [1.165, 1.54) is 18.3 Å². The number of carbonyl (C=O) groups excluding carboxylic acids is 2. The molecule has 1 aromatic carbocycles. The SMILES string of the molecule is CC[Si](CC)(CC)/C(=C\COC(C)=O)CN(CC(=O)OC)S(=O)(=O)c1ccc(C)cc1. The lowest BCUT2D eigenvalue weighted by molar-refractivity contribution is -0.141. The van der Waals surface area contributed by atoms with E-state index in [9.17, 15) is 18.0 Å². The van der Waals surface area contributed by atoms with E-state index >= 15 is 0 Å². The van der Waals surface area contributed by atoms with Gasteiger partial charge in [-0.3, -0.25) is 9.59 Å². The fourth-order valence-electron chi connectivity index (χ4n) is 3.62. The molecule has 0 aliphatic rings. The van der Waals surface area contributed by atoms with Gasteiger partial charge in [0.05, 0.1) is 20.1 Å². The maximum Gasteiger partial charge on any atom is 0.321 e. The molecule has 0 heterocycles. The van der Waals surface area contributed by atoms with Crippen LogP contribution in [-0.2, 0) is 29.1 Å². The quantitative estimate of drug-likeness (QED) is 0.342. The molecule has 7 nitrogen and oxygen atoms in total. The molecule has 0 bridgehead atoms. The Morgan fingerprint density at radius 1 is 1.03 bits per heavy atom.